The van der Waals surface area contributed by atoms with Crippen LogP contribution >= 0.6 is 0 Å². The molecule has 0 spiro atoms. The lowest BCUT2D eigenvalue weighted by Crippen LogP contribution is -2.32. The minimum absolute atomic E-state index is 0.398. The van der Waals surface area contributed by atoms with Gasteiger partial charge in [-0.2, -0.15) is 0 Å². The van der Waals surface area contributed by atoms with Gasteiger partial charge < -0.3 is 0 Å². The Bertz CT molecular complexity index is 392. The molecule has 1 fully saturated rings. The first kappa shape index (κ1) is 12.7. The van der Waals surface area contributed by atoms with Crippen molar-refractivity contribution in [3.8, 4) is 0 Å². The van der Waals surface area contributed by atoms with Gasteiger partial charge in [-0.25, -0.2) is 0 Å². The number of hydrogen-bond acceptors (Lipinski definition) is 0. The molecule has 1 aromatic rings. The van der Waals surface area contributed by atoms with Crippen molar-refractivity contribution in [3.63, 3.8) is 0 Å². The van der Waals surface area contributed by atoms with Crippen molar-refractivity contribution in [1.82, 2.24) is 0 Å². The third-order valence-electron chi connectivity index (χ3n) is 4.61. The first-order chi connectivity index (χ1) is 7.90. The van der Waals surface area contributed by atoms with E-state index in [-0.39, 0.29) is 0 Å². The third-order valence-corrected chi connectivity index (χ3v) is 4.61. The number of benzene rings is 1. The molecule has 0 aliphatic heterocycles. The van der Waals surface area contributed by atoms with Crippen molar-refractivity contribution >= 4 is 0 Å². The summed E-state index contributed by atoms with van der Waals surface area (Å²) in [5.41, 5.74) is 4.80. The Balaban J connectivity index is 2.33. The molecule has 0 aromatic heterocycles. The normalized spacial score (nSPS) is 33.7. The van der Waals surface area contributed by atoms with Gasteiger partial charge in [-0.1, -0.05) is 39.0 Å². The van der Waals surface area contributed by atoms with Gasteiger partial charge in [0.15, 0.2) is 0 Å². The van der Waals surface area contributed by atoms with Crippen LogP contribution in [0.15, 0.2) is 18.2 Å². The van der Waals surface area contributed by atoms with Gasteiger partial charge in [0, 0.05) is 0 Å². The van der Waals surface area contributed by atoms with E-state index in [9.17, 15) is 0 Å². The molecule has 0 bridgehead atoms. The van der Waals surface area contributed by atoms with Crippen molar-refractivity contribution in [3.05, 3.63) is 34.9 Å². The summed E-state index contributed by atoms with van der Waals surface area (Å²) in [7, 11) is 0. The zero-order valence-electron chi connectivity index (χ0n) is 12.0. The molecule has 2 atom stereocenters. The van der Waals surface area contributed by atoms with E-state index in [1.807, 2.05) is 0 Å². The molecule has 0 N–H and O–H groups in total. The summed E-state index contributed by atoms with van der Waals surface area (Å²) >= 11 is 0. The Hall–Kier alpha value is -0.780. The smallest absolute Gasteiger partial charge is 0.00701 e. The molecule has 2 unspecified atom stereocenters. The number of rotatable bonds is 1. The second-order valence-electron chi connectivity index (χ2n) is 6.71. The van der Waals surface area contributed by atoms with Gasteiger partial charge in [-0.05, 0) is 67.1 Å². The third kappa shape index (κ3) is 2.56. The van der Waals surface area contributed by atoms with Crippen LogP contribution in [0.25, 0.3) is 0 Å². The Morgan fingerprint density at radius 3 is 2.12 bits per heavy atom. The molecular weight excluding hydrogens is 204 g/mol. The summed E-state index contributed by atoms with van der Waals surface area (Å²) in [5.74, 6) is 1.73. The minimum atomic E-state index is 0.398. The Morgan fingerprint density at radius 1 is 1.00 bits per heavy atom. The van der Waals surface area contributed by atoms with Crippen molar-refractivity contribution in [1.29, 1.82) is 0 Å². The maximum atomic E-state index is 2.46. The Morgan fingerprint density at radius 2 is 1.59 bits per heavy atom. The van der Waals surface area contributed by atoms with E-state index in [0.29, 0.717) is 5.41 Å². The summed E-state index contributed by atoms with van der Waals surface area (Å²) in [6, 6.07) is 7.06. The van der Waals surface area contributed by atoms with Crippen LogP contribution in [0.2, 0.25) is 0 Å². The predicted molar refractivity (Wildman–Crippen MR) is 75.4 cm³/mol. The van der Waals surface area contributed by atoms with E-state index in [1.165, 1.54) is 30.4 Å². The van der Waals surface area contributed by atoms with Crippen molar-refractivity contribution in [2.45, 2.75) is 59.3 Å². The molecule has 0 saturated heterocycles. The molecule has 1 aliphatic rings. The summed E-state index contributed by atoms with van der Waals surface area (Å²) in [5, 5.41) is 0. The van der Waals surface area contributed by atoms with Crippen LogP contribution in [0.5, 0.6) is 0 Å². The summed E-state index contributed by atoms with van der Waals surface area (Å²) in [6.07, 6.45) is 4.10. The molecule has 0 amide bonds. The van der Waals surface area contributed by atoms with Crippen LogP contribution < -0.4 is 0 Å². The quantitative estimate of drug-likeness (QED) is 0.635. The molecule has 94 valence electrons. The lowest BCUT2D eigenvalue weighted by atomic mass is 9.64. The number of aryl methyl sites for hydroxylation is 2. The van der Waals surface area contributed by atoms with Crippen molar-refractivity contribution in [2.24, 2.45) is 11.8 Å². The van der Waals surface area contributed by atoms with E-state index >= 15 is 0 Å². The zero-order valence-corrected chi connectivity index (χ0v) is 12.0. The monoisotopic (exact) mass is 230 g/mol. The molecule has 0 heteroatoms. The maximum absolute atomic E-state index is 2.46. The fraction of sp³-hybridized carbons (Fsp3) is 0.647. The second-order valence-corrected chi connectivity index (χ2v) is 6.71. The average Bonchev–Trinajstić information content (AvgIpc) is 2.19. The molecule has 0 nitrogen and oxygen atoms in total. The molecule has 1 saturated carbocycles. The SMILES string of the molecule is Cc1ccc(C2(C)CC(C)CC(C)C2)cc1C. The predicted octanol–water partition coefficient (Wildman–Crippen LogP) is 5.02. The first-order valence-corrected chi connectivity index (χ1v) is 6.98. The van der Waals surface area contributed by atoms with Crippen LogP contribution in [0.1, 0.15) is 56.7 Å². The fourth-order valence-electron chi connectivity index (χ4n) is 3.83. The van der Waals surface area contributed by atoms with Crippen molar-refractivity contribution < 1.29 is 0 Å². The van der Waals surface area contributed by atoms with Crippen LogP contribution in [-0.2, 0) is 5.41 Å². The topological polar surface area (TPSA) is 0 Å². The highest BCUT2D eigenvalue weighted by Gasteiger charge is 2.35. The molecule has 17 heavy (non-hydrogen) atoms. The second kappa shape index (κ2) is 4.48. The molecule has 0 radical (unpaired) electrons. The lowest BCUT2D eigenvalue weighted by Gasteiger charge is -2.41. The highest BCUT2D eigenvalue weighted by molar-refractivity contribution is 5.34. The highest BCUT2D eigenvalue weighted by atomic mass is 14.4. The molecule has 1 aliphatic carbocycles. The lowest BCUT2D eigenvalue weighted by molar-refractivity contribution is 0.194. The zero-order chi connectivity index (χ0) is 12.6. The van der Waals surface area contributed by atoms with Crippen LogP contribution in [-0.4, -0.2) is 0 Å². The van der Waals surface area contributed by atoms with Crippen LogP contribution in [0, 0.1) is 25.7 Å². The Kier molecular flexibility index (Phi) is 3.34. The number of hydrogen-bond donors (Lipinski definition) is 0. The van der Waals surface area contributed by atoms with Crippen molar-refractivity contribution in [2.75, 3.05) is 0 Å². The highest BCUT2D eigenvalue weighted by Crippen LogP contribution is 2.44. The minimum Gasteiger partial charge on any atom is -0.0625 e. The van der Waals surface area contributed by atoms with Gasteiger partial charge in [-0.15, -0.1) is 0 Å². The molecular formula is C17H26. The molecule has 0 heterocycles. The van der Waals surface area contributed by atoms with Gasteiger partial charge in [0.25, 0.3) is 0 Å². The maximum Gasteiger partial charge on any atom is -0.00701 e. The van der Waals surface area contributed by atoms with Gasteiger partial charge in [0.05, 0.1) is 0 Å². The van der Waals surface area contributed by atoms with E-state index in [0.717, 1.165) is 11.8 Å². The standard InChI is InChI=1S/C17H26/c1-12-8-13(2)11-17(5,10-12)16-7-6-14(3)15(4)9-16/h6-7,9,12-13H,8,10-11H2,1-5H3. The van der Waals surface area contributed by atoms with E-state index in [1.54, 1.807) is 5.56 Å². The summed E-state index contributed by atoms with van der Waals surface area (Å²) in [4.78, 5) is 0. The largest absolute Gasteiger partial charge is 0.0625 e. The van der Waals surface area contributed by atoms with Gasteiger partial charge in [0.1, 0.15) is 0 Å². The summed E-state index contributed by atoms with van der Waals surface area (Å²) < 4.78 is 0. The molecule has 1 aromatic carbocycles. The first-order valence-electron chi connectivity index (χ1n) is 6.98. The van der Waals surface area contributed by atoms with Gasteiger partial charge in [-0.3, -0.25) is 0 Å². The summed E-state index contributed by atoms with van der Waals surface area (Å²) in [6.45, 7) is 11.7. The van der Waals surface area contributed by atoms with Gasteiger partial charge >= 0.3 is 0 Å². The average molecular weight is 230 g/mol. The Labute approximate surface area is 106 Å². The van der Waals surface area contributed by atoms with E-state index in [4.69, 9.17) is 0 Å². The van der Waals surface area contributed by atoms with E-state index in [2.05, 4.69) is 52.8 Å². The fourth-order valence-corrected chi connectivity index (χ4v) is 3.83. The van der Waals surface area contributed by atoms with E-state index < -0.39 is 0 Å². The molecule has 2 rings (SSSR count). The van der Waals surface area contributed by atoms with Gasteiger partial charge in [0.2, 0.25) is 0 Å². The van der Waals surface area contributed by atoms with Crippen LogP contribution in [0.4, 0.5) is 0 Å². The van der Waals surface area contributed by atoms with Crippen LogP contribution in [0.3, 0.4) is 0 Å².